The van der Waals surface area contributed by atoms with Gasteiger partial charge in [0.2, 0.25) is 0 Å². The second-order valence-electron chi connectivity index (χ2n) is 4.57. The van der Waals surface area contributed by atoms with Crippen molar-refractivity contribution >= 4 is 27.3 Å². The zero-order valence-electron chi connectivity index (χ0n) is 11.3. The molecule has 0 spiro atoms. The molecule has 2 rings (SSSR count). The van der Waals surface area contributed by atoms with Gasteiger partial charge in [-0.3, -0.25) is 4.79 Å². The van der Waals surface area contributed by atoms with E-state index in [2.05, 4.69) is 5.32 Å². The van der Waals surface area contributed by atoms with E-state index in [-0.39, 0.29) is 17.3 Å². The Morgan fingerprint density at radius 3 is 2.52 bits per heavy atom. The minimum absolute atomic E-state index is 0.118. The number of carbonyl (C=O) groups is 1. The third-order valence-corrected chi connectivity index (χ3v) is 4.40. The van der Waals surface area contributed by atoms with E-state index < -0.39 is 9.84 Å². The Morgan fingerprint density at radius 2 is 1.86 bits per heavy atom. The normalized spacial score (nSPS) is 11.1. The molecule has 0 fully saturated rings. The second-order valence-corrected chi connectivity index (χ2v) is 7.00. The van der Waals surface area contributed by atoms with Gasteiger partial charge in [0.05, 0.1) is 4.90 Å². The quantitative estimate of drug-likeness (QED) is 0.941. The van der Waals surface area contributed by atoms with E-state index in [1.54, 1.807) is 18.2 Å². The molecule has 0 heterocycles. The summed E-state index contributed by atoms with van der Waals surface area (Å²) in [6.45, 7) is 0.279. The van der Waals surface area contributed by atoms with Gasteiger partial charge in [-0.1, -0.05) is 35.9 Å². The lowest BCUT2D eigenvalue weighted by molar-refractivity contribution is 0.0950. The smallest absolute Gasteiger partial charge is 0.251 e. The molecule has 0 aliphatic carbocycles. The first-order valence-electron chi connectivity index (χ1n) is 6.19. The summed E-state index contributed by atoms with van der Waals surface area (Å²) in [6.07, 6.45) is 1.10. The van der Waals surface area contributed by atoms with Crippen LogP contribution in [-0.4, -0.2) is 20.6 Å². The highest BCUT2D eigenvalue weighted by Crippen LogP contribution is 2.15. The van der Waals surface area contributed by atoms with Crippen LogP contribution in [0.4, 0.5) is 0 Å². The van der Waals surface area contributed by atoms with E-state index >= 15 is 0 Å². The molecule has 0 unspecified atom stereocenters. The van der Waals surface area contributed by atoms with Gasteiger partial charge in [0, 0.05) is 23.4 Å². The number of carbonyl (C=O) groups excluding carboxylic acids is 1. The zero-order chi connectivity index (χ0) is 15.5. The maximum absolute atomic E-state index is 12.1. The van der Waals surface area contributed by atoms with Crippen LogP contribution in [0, 0.1) is 0 Å². The van der Waals surface area contributed by atoms with Crippen LogP contribution in [0.1, 0.15) is 15.9 Å². The van der Waals surface area contributed by atoms with Gasteiger partial charge < -0.3 is 5.32 Å². The molecule has 2 aromatic rings. The Hall–Kier alpha value is -1.85. The molecule has 0 aliphatic rings. The molecule has 0 radical (unpaired) electrons. The highest BCUT2D eigenvalue weighted by Gasteiger charge is 2.11. The van der Waals surface area contributed by atoms with Crippen molar-refractivity contribution in [3.05, 3.63) is 64.7 Å². The van der Waals surface area contributed by atoms with Gasteiger partial charge in [-0.25, -0.2) is 8.42 Å². The predicted molar refractivity (Wildman–Crippen MR) is 82.2 cm³/mol. The van der Waals surface area contributed by atoms with Gasteiger partial charge in [0.25, 0.3) is 5.91 Å². The fourth-order valence-electron chi connectivity index (χ4n) is 1.79. The highest BCUT2D eigenvalue weighted by atomic mass is 35.5. The van der Waals surface area contributed by atoms with E-state index in [9.17, 15) is 13.2 Å². The summed E-state index contributed by atoms with van der Waals surface area (Å²) in [6, 6.07) is 13.1. The van der Waals surface area contributed by atoms with E-state index in [4.69, 9.17) is 11.6 Å². The number of halogens is 1. The third kappa shape index (κ3) is 4.06. The number of nitrogens with one attached hydrogen (secondary N) is 1. The summed E-state index contributed by atoms with van der Waals surface area (Å²) < 4.78 is 23.0. The van der Waals surface area contributed by atoms with Crippen LogP contribution in [0.2, 0.25) is 5.02 Å². The maximum Gasteiger partial charge on any atom is 0.251 e. The van der Waals surface area contributed by atoms with Gasteiger partial charge in [0.1, 0.15) is 0 Å². The Bertz CT molecular complexity index is 772. The van der Waals surface area contributed by atoms with Crippen LogP contribution in [0.25, 0.3) is 0 Å². The Balaban J connectivity index is 2.13. The number of benzene rings is 2. The number of rotatable bonds is 4. The molecule has 21 heavy (non-hydrogen) atoms. The fraction of sp³-hybridized carbons (Fsp3) is 0.133. The van der Waals surface area contributed by atoms with Crippen molar-refractivity contribution in [2.24, 2.45) is 0 Å². The molecule has 2 aromatic carbocycles. The van der Waals surface area contributed by atoms with Crippen LogP contribution in [-0.2, 0) is 16.4 Å². The largest absolute Gasteiger partial charge is 0.348 e. The van der Waals surface area contributed by atoms with E-state index in [0.29, 0.717) is 10.6 Å². The molecule has 1 N–H and O–H groups in total. The van der Waals surface area contributed by atoms with Crippen molar-refractivity contribution in [2.45, 2.75) is 11.4 Å². The van der Waals surface area contributed by atoms with Gasteiger partial charge in [-0.05, 0) is 29.8 Å². The van der Waals surface area contributed by atoms with Crippen molar-refractivity contribution in [1.29, 1.82) is 0 Å². The first-order chi connectivity index (χ1) is 9.88. The lowest BCUT2D eigenvalue weighted by Gasteiger charge is -2.08. The summed E-state index contributed by atoms with van der Waals surface area (Å²) in [7, 11) is -3.33. The SMILES string of the molecule is CS(=O)(=O)c1cccc(C(=O)NCc2ccccc2Cl)c1. The van der Waals surface area contributed by atoms with Gasteiger partial charge in [-0.15, -0.1) is 0 Å². The summed E-state index contributed by atoms with van der Waals surface area (Å²) in [5.74, 6) is -0.347. The first kappa shape index (κ1) is 15.5. The van der Waals surface area contributed by atoms with Crippen molar-refractivity contribution in [3.63, 3.8) is 0 Å². The van der Waals surface area contributed by atoms with Crippen molar-refractivity contribution in [2.75, 3.05) is 6.26 Å². The lowest BCUT2D eigenvalue weighted by atomic mass is 10.2. The third-order valence-electron chi connectivity index (χ3n) is 2.92. The number of hydrogen-bond acceptors (Lipinski definition) is 3. The monoisotopic (exact) mass is 323 g/mol. The summed E-state index contributed by atoms with van der Waals surface area (Å²) in [5, 5.41) is 3.29. The molecule has 0 atom stereocenters. The van der Waals surface area contributed by atoms with E-state index in [1.807, 2.05) is 18.2 Å². The second kappa shape index (κ2) is 6.28. The van der Waals surface area contributed by atoms with Crippen molar-refractivity contribution < 1.29 is 13.2 Å². The zero-order valence-corrected chi connectivity index (χ0v) is 12.9. The highest BCUT2D eigenvalue weighted by molar-refractivity contribution is 7.90. The molecule has 0 saturated carbocycles. The molecular weight excluding hydrogens is 310 g/mol. The van der Waals surface area contributed by atoms with Crippen LogP contribution in [0.3, 0.4) is 0 Å². The predicted octanol–water partition coefficient (Wildman–Crippen LogP) is 2.67. The molecule has 6 heteroatoms. The Kier molecular flexibility index (Phi) is 4.65. The topological polar surface area (TPSA) is 63.2 Å². The lowest BCUT2D eigenvalue weighted by Crippen LogP contribution is -2.23. The standard InChI is InChI=1S/C15H14ClNO3S/c1-21(19,20)13-7-4-6-11(9-13)15(18)17-10-12-5-2-3-8-14(12)16/h2-9H,10H2,1H3,(H,17,18). The summed E-state index contributed by atoms with van der Waals surface area (Å²) in [5.41, 5.74) is 1.09. The van der Waals surface area contributed by atoms with E-state index in [1.165, 1.54) is 12.1 Å². The molecule has 0 saturated heterocycles. The molecule has 4 nitrogen and oxygen atoms in total. The van der Waals surface area contributed by atoms with Crippen molar-refractivity contribution in [3.8, 4) is 0 Å². The summed E-state index contributed by atoms with van der Waals surface area (Å²) >= 11 is 6.01. The molecule has 1 amide bonds. The number of hydrogen-bond donors (Lipinski definition) is 1. The molecule has 0 aromatic heterocycles. The number of amides is 1. The molecular formula is C15H14ClNO3S. The van der Waals surface area contributed by atoms with Gasteiger partial charge in [-0.2, -0.15) is 0 Å². The maximum atomic E-state index is 12.1. The minimum atomic E-state index is -3.33. The minimum Gasteiger partial charge on any atom is -0.348 e. The number of sulfone groups is 1. The van der Waals surface area contributed by atoms with Gasteiger partial charge in [0.15, 0.2) is 9.84 Å². The fourth-order valence-corrected chi connectivity index (χ4v) is 2.66. The molecule has 0 aliphatic heterocycles. The van der Waals surface area contributed by atoms with Crippen LogP contribution in [0.5, 0.6) is 0 Å². The summed E-state index contributed by atoms with van der Waals surface area (Å²) in [4.78, 5) is 12.2. The van der Waals surface area contributed by atoms with Crippen molar-refractivity contribution in [1.82, 2.24) is 5.32 Å². The van der Waals surface area contributed by atoms with E-state index in [0.717, 1.165) is 11.8 Å². The average molecular weight is 324 g/mol. The van der Waals surface area contributed by atoms with Crippen LogP contribution in [0.15, 0.2) is 53.4 Å². The van der Waals surface area contributed by atoms with Crippen LogP contribution >= 0.6 is 11.6 Å². The van der Waals surface area contributed by atoms with Gasteiger partial charge >= 0.3 is 0 Å². The molecule has 110 valence electrons. The van der Waals surface area contributed by atoms with Crippen LogP contribution < -0.4 is 5.32 Å². The Labute approximate surface area is 128 Å². The Morgan fingerprint density at radius 1 is 1.14 bits per heavy atom. The average Bonchev–Trinajstić information content (AvgIpc) is 2.45. The molecule has 0 bridgehead atoms. The first-order valence-corrected chi connectivity index (χ1v) is 8.46.